The molecule has 0 saturated heterocycles. The number of nitrogens with one attached hydrogen (secondary N) is 1. The standard InChI is InChI=1S/C21H25ClN2O2/c1-14-6-5-7-15(2)20(14)23-21(26)17-10-11-19(25)24(13-17)12-16-8-3-4-9-18(16)22/h3-4,8-11,13-15,20H,5-7,12H2,1-2H3,(H,23,26). The lowest BCUT2D eigenvalue weighted by Gasteiger charge is -2.35. The zero-order valence-electron chi connectivity index (χ0n) is 15.2. The Hall–Kier alpha value is -2.07. The molecule has 0 spiro atoms. The van der Waals surface area contributed by atoms with E-state index in [4.69, 9.17) is 11.6 Å². The number of nitrogens with zero attached hydrogens (tertiary/aromatic N) is 1. The number of pyridine rings is 1. The van der Waals surface area contributed by atoms with E-state index in [9.17, 15) is 9.59 Å². The van der Waals surface area contributed by atoms with Gasteiger partial charge in [0.2, 0.25) is 0 Å². The number of carbonyl (C=O) groups excluding carboxylic acids is 1. The minimum absolute atomic E-state index is 0.122. The van der Waals surface area contributed by atoms with Crippen molar-refractivity contribution in [1.29, 1.82) is 0 Å². The molecule has 1 fully saturated rings. The Bertz CT molecular complexity index is 836. The summed E-state index contributed by atoms with van der Waals surface area (Å²) < 4.78 is 1.53. The summed E-state index contributed by atoms with van der Waals surface area (Å²) in [4.78, 5) is 24.9. The van der Waals surface area contributed by atoms with Crippen molar-refractivity contribution in [1.82, 2.24) is 9.88 Å². The molecule has 2 atom stereocenters. The van der Waals surface area contributed by atoms with E-state index in [-0.39, 0.29) is 17.5 Å². The van der Waals surface area contributed by atoms with Gasteiger partial charge in [0.15, 0.2) is 0 Å². The first-order valence-corrected chi connectivity index (χ1v) is 9.58. The van der Waals surface area contributed by atoms with Crippen LogP contribution in [0.3, 0.4) is 0 Å². The molecule has 3 rings (SSSR count). The second kappa shape index (κ2) is 8.09. The van der Waals surface area contributed by atoms with Crippen LogP contribution < -0.4 is 10.9 Å². The van der Waals surface area contributed by atoms with Crippen LogP contribution in [0.15, 0.2) is 47.4 Å². The van der Waals surface area contributed by atoms with Gasteiger partial charge in [-0.3, -0.25) is 9.59 Å². The number of aromatic nitrogens is 1. The first-order chi connectivity index (χ1) is 12.5. The van der Waals surface area contributed by atoms with Crippen molar-refractivity contribution in [2.75, 3.05) is 0 Å². The van der Waals surface area contributed by atoms with E-state index in [1.165, 1.54) is 17.1 Å². The minimum atomic E-state index is -0.152. The predicted octanol–water partition coefficient (Wildman–Crippen LogP) is 4.10. The summed E-state index contributed by atoms with van der Waals surface area (Å²) in [5.74, 6) is 0.817. The molecule has 0 radical (unpaired) electrons. The van der Waals surface area contributed by atoms with E-state index in [0.717, 1.165) is 18.4 Å². The van der Waals surface area contributed by atoms with Crippen LogP contribution in [0.5, 0.6) is 0 Å². The van der Waals surface area contributed by atoms with Gasteiger partial charge >= 0.3 is 0 Å². The van der Waals surface area contributed by atoms with Gasteiger partial charge in [0.25, 0.3) is 11.5 Å². The summed E-state index contributed by atoms with van der Waals surface area (Å²) in [6.45, 7) is 4.73. The van der Waals surface area contributed by atoms with E-state index >= 15 is 0 Å². The van der Waals surface area contributed by atoms with Gasteiger partial charge in [0.05, 0.1) is 12.1 Å². The SMILES string of the molecule is CC1CCCC(C)C1NC(=O)c1ccc(=O)n(Cc2ccccc2Cl)c1. The minimum Gasteiger partial charge on any atom is -0.349 e. The van der Waals surface area contributed by atoms with Crippen molar-refractivity contribution in [3.05, 3.63) is 69.1 Å². The zero-order valence-corrected chi connectivity index (χ0v) is 16.0. The normalized spacial score (nSPS) is 22.8. The van der Waals surface area contributed by atoms with Crippen LogP contribution in [-0.2, 0) is 6.54 Å². The van der Waals surface area contributed by atoms with Crippen LogP contribution >= 0.6 is 11.6 Å². The molecule has 2 aromatic rings. The maximum atomic E-state index is 12.7. The number of benzene rings is 1. The highest BCUT2D eigenvalue weighted by molar-refractivity contribution is 6.31. The van der Waals surface area contributed by atoms with Gasteiger partial charge in [-0.25, -0.2) is 0 Å². The van der Waals surface area contributed by atoms with Crippen molar-refractivity contribution >= 4 is 17.5 Å². The fourth-order valence-electron chi connectivity index (χ4n) is 3.80. The number of rotatable bonds is 4. The number of hydrogen-bond acceptors (Lipinski definition) is 2. The first-order valence-electron chi connectivity index (χ1n) is 9.20. The summed E-state index contributed by atoms with van der Waals surface area (Å²) >= 11 is 6.20. The molecule has 0 aliphatic heterocycles. The molecule has 1 saturated carbocycles. The van der Waals surface area contributed by atoms with Crippen molar-refractivity contribution in [3.8, 4) is 0 Å². The largest absolute Gasteiger partial charge is 0.349 e. The van der Waals surface area contributed by atoms with Gasteiger partial charge in [-0.2, -0.15) is 0 Å². The highest BCUT2D eigenvalue weighted by Gasteiger charge is 2.29. The zero-order chi connectivity index (χ0) is 18.7. The quantitative estimate of drug-likeness (QED) is 0.878. The van der Waals surface area contributed by atoms with Gasteiger partial charge in [-0.05, 0) is 42.4 Å². The molecule has 2 unspecified atom stereocenters. The Kier molecular flexibility index (Phi) is 5.82. The first kappa shape index (κ1) is 18.7. The molecule has 5 heteroatoms. The second-order valence-corrected chi connectivity index (χ2v) is 7.77. The third-order valence-electron chi connectivity index (χ3n) is 5.39. The summed E-state index contributed by atoms with van der Waals surface area (Å²) in [6, 6.07) is 10.6. The molecule has 0 bridgehead atoms. The molecule has 1 aliphatic carbocycles. The van der Waals surface area contributed by atoms with Crippen LogP contribution in [0.1, 0.15) is 49.0 Å². The van der Waals surface area contributed by atoms with Crippen molar-refractivity contribution in [2.45, 2.75) is 45.7 Å². The average molecular weight is 373 g/mol. The summed E-state index contributed by atoms with van der Waals surface area (Å²) in [5, 5.41) is 3.79. The third-order valence-corrected chi connectivity index (χ3v) is 5.76. The Morgan fingerprint density at radius 1 is 1.15 bits per heavy atom. The van der Waals surface area contributed by atoms with Gasteiger partial charge in [0, 0.05) is 23.3 Å². The van der Waals surface area contributed by atoms with Crippen LogP contribution in [0, 0.1) is 11.8 Å². The Morgan fingerprint density at radius 3 is 2.54 bits per heavy atom. The van der Waals surface area contributed by atoms with Crippen LogP contribution in [-0.4, -0.2) is 16.5 Å². The third kappa shape index (κ3) is 4.18. The highest BCUT2D eigenvalue weighted by Crippen LogP contribution is 2.29. The van der Waals surface area contributed by atoms with Crippen molar-refractivity contribution < 1.29 is 4.79 Å². The fraction of sp³-hybridized carbons (Fsp3) is 0.429. The van der Waals surface area contributed by atoms with E-state index in [1.807, 2.05) is 18.2 Å². The maximum absolute atomic E-state index is 12.7. The second-order valence-electron chi connectivity index (χ2n) is 7.36. The average Bonchev–Trinajstić information content (AvgIpc) is 2.62. The lowest BCUT2D eigenvalue weighted by Crippen LogP contribution is -2.46. The molecule has 1 heterocycles. The van der Waals surface area contributed by atoms with E-state index in [0.29, 0.717) is 29.0 Å². The van der Waals surface area contributed by atoms with Gasteiger partial charge in [0.1, 0.15) is 0 Å². The smallest absolute Gasteiger partial charge is 0.253 e. The molecule has 138 valence electrons. The molecule has 1 amide bonds. The van der Waals surface area contributed by atoms with Crippen molar-refractivity contribution in [2.24, 2.45) is 11.8 Å². The summed E-state index contributed by atoms with van der Waals surface area (Å²) in [7, 11) is 0. The number of amides is 1. The molecule has 1 aromatic heterocycles. The Labute approximate surface area is 159 Å². The molecular formula is C21H25ClN2O2. The summed E-state index contributed by atoms with van der Waals surface area (Å²) in [6.07, 6.45) is 5.12. The monoisotopic (exact) mass is 372 g/mol. The molecule has 26 heavy (non-hydrogen) atoms. The molecule has 1 aliphatic rings. The maximum Gasteiger partial charge on any atom is 0.253 e. The van der Waals surface area contributed by atoms with Gasteiger partial charge in [-0.15, -0.1) is 0 Å². The van der Waals surface area contributed by atoms with Gasteiger partial charge < -0.3 is 9.88 Å². The topological polar surface area (TPSA) is 51.1 Å². The van der Waals surface area contributed by atoms with Crippen LogP contribution in [0.2, 0.25) is 5.02 Å². The number of halogens is 1. The van der Waals surface area contributed by atoms with E-state index in [1.54, 1.807) is 18.3 Å². The van der Waals surface area contributed by atoms with E-state index < -0.39 is 0 Å². The lowest BCUT2D eigenvalue weighted by molar-refractivity contribution is 0.0879. The van der Waals surface area contributed by atoms with Crippen LogP contribution in [0.4, 0.5) is 0 Å². The van der Waals surface area contributed by atoms with Crippen molar-refractivity contribution in [3.63, 3.8) is 0 Å². The Balaban J connectivity index is 1.79. The number of carbonyl (C=O) groups is 1. The number of hydrogen-bond donors (Lipinski definition) is 1. The molecule has 1 aromatic carbocycles. The molecule has 4 nitrogen and oxygen atoms in total. The van der Waals surface area contributed by atoms with Crippen LogP contribution in [0.25, 0.3) is 0 Å². The summed E-state index contributed by atoms with van der Waals surface area (Å²) in [5.41, 5.74) is 1.20. The Morgan fingerprint density at radius 2 is 1.85 bits per heavy atom. The van der Waals surface area contributed by atoms with E-state index in [2.05, 4.69) is 19.2 Å². The molecular weight excluding hydrogens is 348 g/mol. The molecule has 1 N–H and O–H groups in total. The van der Waals surface area contributed by atoms with Gasteiger partial charge in [-0.1, -0.05) is 50.1 Å². The fourth-order valence-corrected chi connectivity index (χ4v) is 4.00. The highest BCUT2D eigenvalue weighted by atomic mass is 35.5. The predicted molar refractivity (Wildman–Crippen MR) is 105 cm³/mol. The lowest BCUT2D eigenvalue weighted by atomic mass is 9.78.